The number of rotatable bonds is 4. The number of aryl methyl sites for hydroxylation is 1. The number of aromatic nitrogens is 2. The normalized spacial score (nSPS) is 27.5. The third-order valence-electron chi connectivity index (χ3n) is 4.64. The van der Waals surface area contributed by atoms with E-state index in [9.17, 15) is 4.79 Å². The van der Waals surface area contributed by atoms with Gasteiger partial charge >= 0.3 is 6.03 Å². The summed E-state index contributed by atoms with van der Waals surface area (Å²) in [7, 11) is 0. The molecule has 3 rings (SSSR count). The summed E-state index contributed by atoms with van der Waals surface area (Å²) in [4.78, 5) is 16.4. The first kappa shape index (κ1) is 17.0. The Morgan fingerprint density at radius 3 is 3.00 bits per heavy atom. The van der Waals surface area contributed by atoms with Gasteiger partial charge in [0.2, 0.25) is 0 Å². The van der Waals surface area contributed by atoms with Gasteiger partial charge in [0.05, 0.1) is 6.04 Å². The first-order valence-electron chi connectivity index (χ1n) is 8.83. The second kappa shape index (κ2) is 8.28. The van der Waals surface area contributed by atoms with Gasteiger partial charge in [-0.2, -0.15) is 4.98 Å². The van der Waals surface area contributed by atoms with E-state index in [1.165, 1.54) is 12.8 Å². The van der Waals surface area contributed by atoms with Crippen molar-refractivity contribution in [1.82, 2.24) is 20.8 Å². The molecule has 0 spiro atoms. The Hall–Kier alpha value is -1.89. The van der Waals surface area contributed by atoms with Gasteiger partial charge in [-0.3, -0.25) is 0 Å². The van der Waals surface area contributed by atoms with Crippen LogP contribution >= 0.6 is 0 Å². The number of carbonyl (C=O) groups excluding carboxylic acids is 1. The highest BCUT2D eigenvalue weighted by Crippen LogP contribution is 2.27. The van der Waals surface area contributed by atoms with E-state index < -0.39 is 0 Å². The summed E-state index contributed by atoms with van der Waals surface area (Å²) in [6.45, 7) is 3.06. The Kier molecular flexibility index (Phi) is 5.85. The van der Waals surface area contributed by atoms with Crippen molar-refractivity contribution in [1.29, 1.82) is 0 Å². The van der Waals surface area contributed by atoms with Crippen LogP contribution in [-0.4, -0.2) is 35.4 Å². The fourth-order valence-corrected chi connectivity index (χ4v) is 3.31. The number of nitrogens with zero attached hydrogens (tertiary/aromatic N) is 2. The molecule has 1 saturated heterocycles. The minimum atomic E-state index is -0.358. The van der Waals surface area contributed by atoms with Crippen molar-refractivity contribution in [2.45, 2.75) is 57.6 Å². The monoisotopic (exact) mass is 334 g/mol. The van der Waals surface area contributed by atoms with Gasteiger partial charge in [-0.15, -0.1) is 0 Å². The van der Waals surface area contributed by atoms with Crippen LogP contribution in [0.25, 0.3) is 0 Å². The lowest BCUT2D eigenvalue weighted by Gasteiger charge is -2.20. The van der Waals surface area contributed by atoms with Gasteiger partial charge in [0.25, 0.3) is 5.89 Å². The molecule has 1 aliphatic heterocycles. The predicted molar refractivity (Wildman–Crippen MR) is 88.4 cm³/mol. The van der Waals surface area contributed by atoms with E-state index in [2.05, 4.69) is 32.9 Å². The molecule has 0 bridgehead atoms. The predicted octanol–water partition coefficient (Wildman–Crippen LogP) is 2.64. The molecule has 2 aliphatic rings. The third kappa shape index (κ3) is 4.56. The van der Waals surface area contributed by atoms with E-state index >= 15 is 0 Å². The van der Waals surface area contributed by atoms with E-state index in [-0.39, 0.29) is 18.2 Å². The number of ether oxygens (including phenoxy) is 1. The molecule has 0 aromatic carbocycles. The summed E-state index contributed by atoms with van der Waals surface area (Å²) in [5, 5.41) is 9.78. The number of urea groups is 1. The third-order valence-corrected chi connectivity index (χ3v) is 4.64. The maximum Gasteiger partial charge on any atom is 0.315 e. The molecule has 0 radical (unpaired) electrons. The molecule has 1 unspecified atom stereocenters. The van der Waals surface area contributed by atoms with Crippen LogP contribution in [0.15, 0.2) is 16.7 Å². The van der Waals surface area contributed by atoms with Crippen molar-refractivity contribution in [2.75, 3.05) is 13.2 Å². The first-order chi connectivity index (χ1) is 11.7. The lowest BCUT2D eigenvalue weighted by molar-refractivity contribution is 0.0722. The van der Waals surface area contributed by atoms with Crippen LogP contribution in [-0.2, 0) is 4.74 Å². The molecule has 1 aromatic heterocycles. The Labute approximate surface area is 142 Å². The zero-order chi connectivity index (χ0) is 16.8. The molecular formula is C17H26N4O3. The van der Waals surface area contributed by atoms with Crippen LogP contribution < -0.4 is 10.6 Å². The highest BCUT2D eigenvalue weighted by molar-refractivity contribution is 5.74. The van der Waals surface area contributed by atoms with Crippen molar-refractivity contribution < 1.29 is 14.1 Å². The fourth-order valence-electron chi connectivity index (χ4n) is 3.31. The van der Waals surface area contributed by atoms with Gasteiger partial charge in [0.15, 0.2) is 11.9 Å². The van der Waals surface area contributed by atoms with E-state index in [1.54, 1.807) is 6.92 Å². The summed E-state index contributed by atoms with van der Waals surface area (Å²) < 4.78 is 10.8. The zero-order valence-electron chi connectivity index (χ0n) is 14.2. The molecule has 0 saturated carbocycles. The van der Waals surface area contributed by atoms with Crippen molar-refractivity contribution in [3.05, 3.63) is 23.9 Å². The van der Waals surface area contributed by atoms with E-state index in [0.29, 0.717) is 24.2 Å². The van der Waals surface area contributed by atoms with Gasteiger partial charge in [0, 0.05) is 13.2 Å². The number of nitrogens with one attached hydrogen (secondary N) is 2. The fraction of sp³-hybridized carbons (Fsp3) is 0.706. The van der Waals surface area contributed by atoms with Gasteiger partial charge in [0.1, 0.15) is 0 Å². The molecule has 7 heteroatoms. The van der Waals surface area contributed by atoms with Gasteiger partial charge in [-0.25, -0.2) is 4.79 Å². The number of carbonyl (C=O) groups is 1. The number of hydrogen-bond donors (Lipinski definition) is 2. The topological polar surface area (TPSA) is 89.3 Å². The maximum atomic E-state index is 12.2. The molecule has 2 amide bonds. The number of allylic oxidation sites excluding steroid dienone is 2. The highest BCUT2D eigenvalue weighted by atomic mass is 16.5. The minimum absolute atomic E-state index is 0.134. The number of hydrogen-bond acceptors (Lipinski definition) is 5. The Bertz CT molecular complexity index is 572. The van der Waals surface area contributed by atoms with E-state index in [0.717, 1.165) is 32.2 Å². The molecule has 24 heavy (non-hydrogen) atoms. The van der Waals surface area contributed by atoms with Gasteiger partial charge < -0.3 is 19.9 Å². The average Bonchev–Trinajstić information content (AvgIpc) is 3.15. The second-order valence-corrected chi connectivity index (χ2v) is 6.57. The highest BCUT2D eigenvalue weighted by Gasteiger charge is 2.35. The van der Waals surface area contributed by atoms with Gasteiger partial charge in [-0.05, 0) is 51.4 Å². The Morgan fingerprint density at radius 1 is 1.29 bits per heavy atom. The van der Waals surface area contributed by atoms with Gasteiger partial charge in [-0.1, -0.05) is 17.3 Å². The molecule has 2 N–H and O–H groups in total. The molecule has 1 aliphatic carbocycles. The second-order valence-electron chi connectivity index (χ2n) is 6.57. The summed E-state index contributed by atoms with van der Waals surface area (Å²) in [6.07, 6.45) is 10.6. The first-order valence-corrected chi connectivity index (χ1v) is 8.83. The molecule has 132 valence electrons. The Balaban J connectivity index is 1.46. The van der Waals surface area contributed by atoms with Crippen molar-refractivity contribution in [3.63, 3.8) is 0 Å². The smallest absolute Gasteiger partial charge is 0.315 e. The molecule has 3 atom stereocenters. The Morgan fingerprint density at radius 2 is 2.17 bits per heavy atom. The average molecular weight is 334 g/mol. The molecule has 1 aromatic rings. The van der Waals surface area contributed by atoms with Crippen molar-refractivity contribution >= 4 is 6.03 Å². The molecule has 7 nitrogen and oxygen atoms in total. The minimum Gasteiger partial charge on any atom is -0.366 e. The largest absolute Gasteiger partial charge is 0.366 e. The molecular weight excluding hydrogens is 308 g/mol. The summed E-state index contributed by atoms with van der Waals surface area (Å²) in [5.74, 6) is 1.55. The van der Waals surface area contributed by atoms with Crippen LogP contribution in [0.5, 0.6) is 0 Å². The van der Waals surface area contributed by atoms with Crippen LogP contribution in [0.1, 0.15) is 56.3 Å². The molecule has 2 heterocycles. The van der Waals surface area contributed by atoms with Crippen molar-refractivity contribution in [3.8, 4) is 0 Å². The quantitative estimate of drug-likeness (QED) is 0.826. The summed E-state index contributed by atoms with van der Waals surface area (Å²) >= 11 is 0. The van der Waals surface area contributed by atoms with E-state index in [4.69, 9.17) is 9.26 Å². The lowest BCUT2D eigenvalue weighted by Crippen LogP contribution is -2.44. The van der Waals surface area contributed by atoms with Crippen LogP contribution in [0.2, 0.25) is 0 Å². The lowest BCUT2D eigenvalue weighted by atomic mass is 9.94. The summed E-state index contributed by atoms with van der Waals surface area (Å²) in [5.41, 5.74) is 0. The van der Waals surface area contributed by atoms with Crippen LogP contribution in [0, 0.1) is 12.8 Å². The van der Waals surface area contributed by atoms with Crippen molar-refractivity contribution in [2.24, 2.45) is 5.92 Å². The molecule has 1 fully saturated rings. The van der Waals surface area contributed by atoms with Crippen LogP contribution in [0.3, 0.4) is 0 Å². The summed E-state index contributed by atoms with van der Waals surface area (Å²) in [6, 6.07) is -0.283. The standard InChI is InChI=1S/C17H26N4O3/c1-12-19-16(24-21-12)15-14(9-10-23-15)20-17(22)18-11-13-7-5-3-2-4-6-8-13/h2-3,13-15H,4-11H2,1H3,(H2,18,20,22)/t13?,14-,15+/m0/s1. The van der Waals surface area contributed by atoms with Crippen LogP contribution in [0.4, 0.5) is 4.79 Å². The number of amides is 2. The SMILES string of the molecule is Cc1noc([C@@H]2OCC[C@@H]2NC(=O)NCC2CCC=CCCC2)n1. The maximum absolute atomic E-state index is 12.2. The van der Waals surface area contributed by atoms with E-state index in [1.807, 2.05) is 0 Å². The zero-order valence-corrected chi connectivity index (χ0v) is 14.2.